The number of hydrogen-bond acceptors (Lipinski definition) is 7. The summed E-state index contributed by atoms with van der Waals surface area (Å²) in [5.74, 6) is -0.142. The Balaban J connectivity index is 1.27. The molecule has 13 heteroatoms. The molecular formula is C31H23F3N8O2. The number of anilines is 1. The predicted octanol–water partition coefficient (Wildman–Crippen LogP) is 5.39. The number of alkyl halides is 3. The number of imidazole rings is 1. The second-order valence-corrected chi connectivity index (χ2v) is 10.3. The van der Waals surface area contributed by atoms with Gasteiger partial charge < -0.3 is 16.2 Å². The number of aryl methyl sites for hydroxylation is 1. The molecule has 2 aromatic carbocycles. The van der Waals surface area contributed by atoms with Crippen LogP contribution < -0.4 is 11.1 Å². The first-order valence-corrected chi connectivity index (χ1v) is 13.6. The third-order valence-electron chi connectivity index (χ3n) is 7.64. The number of amides is 1. The van der Waals surface area contributed by atoms with E-state index < -0.39 is 29.4 Å². The first-order valence-electron chi connectivity index (χ1n) is 13.6. The van der Waals surface area contributed by atoms with Gasteiger partial charge in [-0.1, -0.05) is 6.07 Å². The maximum Gasteiger partial charge on any atom is 0.419 e. The number of aromatic hydroxyl groups is 1. The Bertz CT molecular complexity index is 2050. The monoisotopic (exact) mass is 596 g/mol. The molecule has 0 unspecified atom stereocenters. The molecule has 7 rings (SSSR count). The lowest BCUT2D eigenvalue weighted by atomic mass is 10.1. The van der Waals surface area contributed by atoms with Crippen molar-refractivity contribution in [2.24, 2.45) is 0 Å². The summed E-state index contributed by atoms with van der Waals surface area (Å²) in [6.45, 7) is 0. The molecule has 0 aliphatic heterocycles. The molecule has 0 fully saturated rings. The van der Waals surface area contributed by atoms with Crippen molar-refractivity contribution in [1.29, 1.82) is 0 Å². The van der Waals surface area contributed by atoms with Gasteiger partial charge in [-0.15, -0.1) is 0 Å². The average molecular weight is 597 g/mol. The van der Waals surface area contributed by atoms with Crippen LogP contribution in [0.2, 0.25) is 0 Å². The van der Waals surface area contributed by atoms with E-state index in [1.807, 2.05) is 41.0 Å². The fourth-order valence-corrected chi connectivity index (χ4v) is 5.55. The van der Waals surface area contributed by atoms with Crippen LogP contribution in [0.25, 0.3) is 34.1 Å². The van der Waals surface area contributed by atoms with Gasteiger partial charge in [0.15, 0.2) is 17.3 Å². The summed E-state index contributed by atoms with van der Waals surface area (Å²) in [5.41, 5.74) is 9.22. The van der Waals surface area contributed by atoms with E-state index in [0.29, 0.717) is 53.1 Å². The van der Waals surface area contributed by atoms with E-state index in [2.05, 4.69) is 15.4 Å². The SMILES string of the molecule is Nc1ncccc1-c1nc2ccc(-n3cccn3)nc2n1-c1ccc2c(c1)CC[C@@H]2NC(=O)c1ccc(O)c(C(F)(F)F)c1. The summed E-state index contributed by atoms with van der Waals surface area (Å²) in [7, 11) is 0. The van der Waals surface area contributed by atoms with Gasteiger partial charge >= 0.3 is 6.18 Å². The molecule has 1 atom stereocenters. The first kappa shape index (κ1) is 27.1. The highest BCUT2D eigenvalue weighted by Gasteiger charge is 2.35. The Kier molecular flexibility index (Phi) is 6.30. The van der Waals surface area contributed by atoms with Crippen molar-refractivity contribution >= 4 is 22.9 Å². The minimum Gasteiger partial charge on any atom is -0.507 e. The van der Waals surface area contributed by atoms with Gasteiger partial charge in [-0.3, -0.25) is 9.36 Å². The predicted molar refractivity (Wildman–Crippen MR) is 155 cm³/mol. The summed E-state index contributed by atoms with van der Waals surface area (Å²) in [4.78, 5) is 26.9. The van der Waals surface area contributed by atoms with E-state index in [1.54, 1.807) is 35.4 Å². The fourth-order valence-electron chi connectivity index (χ4n) is 5.55. The molecule has 0 spiro atoms. The minimum absolute atomic E-state index is 0.192. The number of phenolic OH excluding ortho intramolecular Hbond substituents is 1. The van der Waals surface area contributed by atoms with E-state index in [-0.39, 0.29) is 5.56 Å². The summed E-state index contributed by atoms with van der Waals surface area (Å²) < 4.78 is 43.4. The summed E-state index contributed by atoms with van der Waals surface area (Å²) >= 11 is 0. The van der Waals surface area contributed by atoms with Gasteiger partial charge in [0.2, 0.25) is 0 Å². The first-order chi connectivity index (χ1) is 21.2. The molecule has 0 bridgehead atoms. The lowest BCUT2D eigenvalue weighted by molar-refractivity contribution is -0.138. The number of nitrogens with zero attached hydrogens (tertiary/aromatic N) is 6. The molecule has 4 aromatic heterocycles. The van der Waals surface area contributed by atoms with Crippen LogP contribution in [-0.4, -0.2) is 40.3 Å². The molecule has 44 heavy (non-hydrogen) atoms. The van der Waals surface area contributed by atoms with Crippen LogP contribution in [0.1, 0.15) is 39.5 Å². The lowest BCUT2D eigenvalue weighted by Crippen LogP contribution is -2.27. The van der Waals surface area contributed by atoms with Crippen LogP contribution in [0.5, 0.6) is 5.75 Å². The number of carbonyl (C=O) groups excluding carboxylic acids is 1. The van der Waals surface area contributed by atoms with E-state index in [0.717, 1.165) is 22.9 Å². The van der Waals surface area contributed by atoms with Crippen LogP contribution >= 0.6 is 0 Å². The number of hydrogen-bond donors (Lipinski definition) is 3. The number of aromatic nitrogens is 6. The lowest BCUT2D eigenvalue weighted by Gasteiger charge is -2.17. The molecule has 1 aliphatic carbocycles. The van der Waals surface area contributed by atoms with Gasteiger partial charge in [-0.05, 0) is 84.6 Å². The fraction of sp³-hybridized carbons (Fsp3) is 0.129. The Morgan fingerprint density at radius 2 is 1.89 bits per heavy atom. The number of benzene rings is 2. The van der Waals surface area contributed by atoms with E-state index in [1.165, 1.54) is 6.07 Å². The molecule has 1 amide bonds. The Labute approximate surface area is 247 Å². The van der Waals surface area contributed by atoms with Gasteiger partial charge in [0.25, 0.3) is 5.91 Å². The molecule has 220 valence electrons. The van der Waals surface area contributed by atoms with E-state index >= 15 is 0 Å². The Hall–Kier alpha value is -5.72. The molecule has 10 nitrogen and oxygen atoms in total. The average Bonchev–Trinajstić information content (AvgIpc) is 3.76. The molecule has 0 radical (unpaired) electrons. The molecule has 0 saturated carbocycles. The standard InChI is InChI=1S/C31H23F3N8O2/c32-31(33,34)22-16-18(5-10-25(22)43)30(44)39-23-8-4-17-15-19(6-7-20(17)23)42-28(21-3-1-12-36-27(21)35)38-24-9-11-26(40-29(24)42)41-14-2-13-37-41/h1-3,5-7,9-16,23,43H,4,8H2,(H2,35,36)(H,39,44)/t23-/m0/s1. The maximum atomic E-state index is 13.3. The number of nitrogens with one attached hydrogen (secondary N) is 1. The van der Waals surface area contributed by atoms with Gasteiger partial charge in [0.1, 0.15) is 17.1 Å². The summed E-state index contributed by atoms with van der Waals surface area (Å²) in [6.07, 6.45) is 1.45. The number of nitrogen functional groups attached to an aromatic ring is 1. The maximum absolute atomic E-state index is 13.3. The zero-order valence-corrected chi connectivity index (χ0v) is 22.8. The second kappa shape index (κ2) is 10.2. The normalized spacial score (nSPS) is 14.6. The van der Waals surface area contributed by atoms with E-state index in [9.17, 15) is 23.1 Å². The molecule has 6 aromatic rings. The number of nitrogens with two attached hydrogens (primary N) is 1. The van der Waals surface area contributed by atoms with E-state index in [4.69, 9.17) is 15.7 Å². The summed E-state index contributed by atoms with van der Waals surface area (Å²) in [5, 5.41) is 16.8. The van der Waals surface area contributed by atoms with Crippen molar-refractivity contribution in [2.45, 2.75) is 25.1 Å². The molecule has 1 aliphatic rings. The highest BCUT2D eigenvalue weighted by atomic mass is 19.4. The number of fused-ring (bicyclic) bond motifs is 2. The smallest absolute Gasteiger partial charge is 0.419 e. The third kappa shape index (κ3) is 4.68. The quantitative estimate of drug-likeness (QED) is 0.243. The van der Waals surface area contributed by atoms with Gasteiger partial charge in [-0.25, -0.2) is 19.6 Å². The highest BCUT2D eigenvalue weighted by molar-refractivity contribution is 5.95. The zero-order valence-electron chi connectivity index (χ0n) is 22.8. The van der Waals surface area contributed by atoms with Crippen LogP contribution in [0.4, 0.5) is 19.0 Å². The molecule has 0 saturated heterocycles. The van der Waals surface area contributed by atoms with Crippen molar-refractivity contribution in [1.82, 2.24) is 34.6 Å². The highest BCUT2D eigenvalue weighted by Crippen LogP contribution is 2.38. The van der Waals surface area contributed by atoms with Crippen molar-refractivity contribution < 1.29 is 23.1 Å². The van der Waals surface area contributed by atoms with Crippen LogP contribution in [0.3, 0.4) is 0 Å². The number of carbonyl (C=O) groups is 1. The molecule has 4 N–H and O–H groups in total. The van der Waals surface area contributed by atoms with Crippen molar-refractivity contribution in [3.63, 3.8) is 0 Å². The van der Waals surface area contributed by atoms with Crippen LogP contribution in [0.15, 0.2) is 85.3 Å². The number of rotatable bonds is 5. The van der Waals surface area contributed by atoms with Crippen LogP contribution in [0, 0.1) is 0 Å². The zero-order chi connectivity index (χ0) is 30.6. The van der Waals surface area contributed by atoms with Crippen molar-refractivity contribution in [2.75, 3.05) is 5.73 Å². The Morgan fingerprint density at radius 1 is 1.02 bits per heavy atom. The largest absolute Gasteiger partial charge is 0.507 e. The number of pyridine rings is 2. The topological polar surface area (TPSA) is 137 Å². The molecular weight excluding hydrogens is 573 g/mol. The molecule has 4 heterocycles. The van der Waals surface area contributed by atoms with Gasteiger partial charge in [0, 0.05) is 29.8 Å². The number of halogens is 3. The number of phenols is 1. The van der Waals surface area contributed by atoms with Gasteiger partial charge in [0.05, 0.1) is 17.2 Å². The summed E-state index contributed by atoms with van der Waals surface area (Å²) in [6, 6.07) is 17.1. The van der Waals surface area contributed by atoms with Gasteiger partial charge in [-0.2, -0.15) is 18.3 Å². The minimum atomic E-state index is -4.79. The van der Waals surface area contributed by atoms with Crippen molar-refractivity contribution in [3.05, 3.63) is 108 Å². The van der Waals surface area contributed by atoms with Crippen LogP contribution in [-0.2, 0) is 12.6 Å². The van der Waals surface area contributed by atoms with Crippen molar-refractivity contribution in [3.8, 4) is 28.6 Å². The third-order valence-corrected chi connectivity index (χ3v) is 7.64. The Morgan fingerprint density at radius 3 is 2.66 bits per heavy atom. The second-order valence-electron chi connectivity index (χ2n) is 10.3.